The van der Waals surface area contributed by atoms with Crippen LogP contribution in [0.3, 0.4) is 0 Å². The van der Waals surface area contributed by atoms with Gasteiger partial charge in [-0.05, 0) is 22.6 Å². The molecule has 1 rings (SSSR count). The summed E-state index contributed by atoms with van der Waals surface area (Å²) < 4.78 is 14.1. The Kier molecular flexibility index (Phi) is 4.66. The van der Waals surface area contributed by atoms with Crippen LogP contribution in [0.1, 0.15) is 0 Å². The van der Waals surface area contributed by atoms with Gasteiger partial charge in [0.15, 0.2) is 0 Å². The summed E-state index contributed by atoms with van der Waals surface area (Å²) in [5.41, 5.74) is -0.0110. The van der Waals surface area contributed by atoms with Crippen molar-refractivity contribution in [1.29, 1.82) is 0 Å². The minimum atomic E-state index is -0.555. The number of nitrogens with one attached hydrogen (secondary N) is 1. The quantitative estimate of drug-likeness (QED) is 0.476. The van der Waals surface area contributed by atoms with E-state index in [9.17, 15) is 14.5 Å². The normalized spacial score (nSPS) is 9.94. The van der Waals surface area contributed by atoms with Gasteiger partial charge in [-0.3, -0.25) is 10.1 Å². The number of hydrogen-bond donors (Lipinski definition) is 1. The van der Waals surface area contributed by atoms with E-state index in [0.29, 0.717) is 11.0 Å². The summed E-state index contributed by atoms with van der Waals surface area (Å²) in [4.78, 5) is 10.2. The number of hydrogen-bond acceptors (Lipinski definition) is 3. The van der Waals surface area contributed by atoms with Crippen LogP contribution in [0.15, 0.2) is 23.2 Å². The molecular weight excluding hydrogens is 394 g/mol. The molecule has 7 heteroatoms. The van der Waals surface area contributed by atoms with Gasteiger partial charge < -0.3 is 5.32 Å². The first-order valence-electron chi connectivity index (χ1n) is 4.12. The van der Waals surface area contributed by atoms with E-state index in [2.05, 4.69) is 27.8 Å². The van der Waals surface area contributed by atoms with Crippen LogP contribution in [0.25, 0.3) is 0 Å². The Morgan fingerprint density at radius 2 is 2.31 bits per heavy atom. The molecule has 86 valence electrons. The number of rotatable bonds is 4. The van der Waals surface area contributed by atoms with Gasteiger partial charge in [-0.15, -0.1) is 0 Å². The highest BCUT2D eigenvalue weighted by Crippen LogP contribution is 2.28. The molecule has 0 unspecified atom stereocenters. The Balaban J connectivity index is 3.09. The Labute approximate surface area is 113 Å². The summed E-state index contributed by atoms with van der Waals surface area (Å²) >= 11 is 4.81. The zero-order valence-electron chi connectivity index (χ0n) is 7.97. The molecule has 1 aromatic carbocycles. The molecule has 0 bridgehead atoms. The SMILES string of the molecule is C=C(Br)CNc1cc(F)c(I)cc1[N+](=O)[O-]. The van der Waals surface area contributed by atoms with E-state index in [4.69, 9.17) is 0 Å². The van der Waals surface area contributed by atoms with Crippen LogP contribution in [0.5, 0.6) is 0 Å². The molecule has 0 atom stereocenters. The summed E-state index contributed by atoms with van der Waals surface area (Å²) in [6.45, 7) is 3.87. The average Bonchev–Trinajstić information content (AvgIpc) is 2.18. The fourth-order valence-corrected chi connectivity index (χ4v) is 1.61. The Hall–Kier alpha value is -0.700. The van der Waals surface area contributed by atoms with Gasteiger partial charge in [0.05, 0.1) is 8.49 Å². The molecule has 0 amide bonds. The molecule has 4 nitrogen and oxygen atoms in total. The van der Waals surface area contributed by atoms with E-state index in [1.165, 1.54) is 6.07 Å². The molecule has 0 aliphatic heterocycles. The minimum Gasteiger partial charge on any atom is -0.375 e. The van der Waals surface area contributed by atoms with Crippen LogP contribution in [0.4, 0.5) is 15.8 Å². The maximum absolute atomic E-state index is 13.2. The molecule has 0 aliphatic carbocycles. The first-order valence-corrected chi connectivity index (χ1v) is 5.99. The first kappa shape index (κ1) is 13.4. The van der Waals surface area contributed by atoms with Crippen molar-refractivity contribution in [2.45, 2.75) is 0 Å². The van der Waals surface area contributed by atoms with Gasteiger partial charge in [0, 0.05) is 23.2 Å². The fraction of sp³-hybridized carbons (Fsp3) is 0.111. The minimum absolute atomic E-state index is 0.142. The molecule has 0 aliphatic rings. The van der Waals surface area contributed by atoms with Gasteiger partial charge in [-0.25, -0.2) is 4.39 Å². The van der Waals surface area contributed by atoms with Crippen LogP contribution >= 0.6 is 38.5 Å². The molecule has 1 aromatic rings. The molecule has 1 N–H and O–H groups in total. The Morgan fingerprint density at radius 3 is 2.81 bits per heavy atom. The summed E-state index contributed by atoms with van der Waals surface area (Å²) in [6, 6.07) is 2.30. The van der Waals surface area contributed by atoms with E-state index in [0.717, 1.165) is 6.07 Å². The monoisotopic (exact) mass is 400 g/mol. The van der Waals surface area contributed by atoms with Crippen LogP contribution < -0.4 is 5.32 Å². The second kappa shape index (κ2) is 5.58. The van der Waals surface area contributed by atoms with Crippen LogP contribution in [0, 0.1) is 19.5 Å². The second-order valence-corrected chi connectivity index (χ2v) is 5.20. The molecule has 0 heterocycles. The van der Waals surface area contributed by atoms with Crippen molar-refractivity contribution in [3.63, 3.8) is 0 Å². The summed E-state index contributed by atoms with van der Waals surface area (Å²) in [5, 5.41) is 13.5. The molecule has 0 saturated heterocycles. The zero-order valence-corrected chi connectivity index (χ0v) is 11.7. The van der Waals surface area contributed by atoms with Gasteiger partial charge in [0.1, 0.15) is 11.5 Å². The second-order valence-electron chi connectivity index (χ2n) is 2.91. The van der Waals surface area contributed by atoms with Crippen molar-refractivity contribution in [3.8, 4) is 0 Å². The number of anilines is 1. The third-order valence-corrected chi connectivity index (χ3v) is 2.81. The highest BCUT2D eigenvalue weighted by Gasteiger charge is 2.17. The van der Waals surface area contributed by atoms with Crippen LogP contribution in [-0.2, 0) is 0 Å². The number of nitro groups is 1. The van der Waals surface area contributed by atoms with E-state index in [1.54, 1.807) is 22.6 Å². The highest BCUT2D eigenvalue weighted by molar-refractivity contribution is 14.1. The number of nitro benzene ring substituents is 1. The lowest BCUT2D eigenvalue weighted by Crippen LogP contribution is -2.05. The molecule has 0 fully saturated rings. The van der Waals surface area contributed by atoms with Gasteiger partial charge in [0.2, 0.25) is 0 Å². The smallest absolute Gasteiger partial charge is 0.293 e. The van der Waals surface area contributed by atoms with Crippen molar-refractivity contribution >= 4 is 49.9 Å². The highest BCUT2D eigenvalue weighted by atomic mass is 127. The topological polar surface area (TPSA) is 55.2 Å². The lowest BCUT2D eigenvalue weighted by Gasteiger charge is -2.07. The predicted octanol–water partition coefficient (Wildman–Crippen LogP) is 3.66. The predicted molar refractivity (Wildman–Crippen MR) is 72.3 cm³/mol. The van der Waals surface area contributed by atoms with E-state index >= 15 is 0 Å². The van der Waals surface area contributed by atoms with Gasteiger partial charge in [-0.1, -0.05) is 22.5 Å². The lowest BCUT2D eigenvalue weighted by atomic mass is 10.2. The number of benzene rings is 1. The molecule has 0 saturated carbocycles. The van der Waals surface area contributed by atoms with Crippen LogP contribution in [0.2, 0.25) is 0 Å². The Bertz CT molecular complexity index is 453. The summed E-state index contributed by atoms with van der Waals surface area (Å²) in [6.07, 6.45) is 0. The maximum Gasteiger partial charge on any atom is 0.293 e. The molecule has 0 radical (unpaired) electrons. The number of nitrogens with zero attached hydrogens (tertiary/aromatic N) is 1. The zero-order chi connectivity index (χ0) is 12.3. The standard InChI is InChI=1S/C9H7BrFIN2O2/c1-5(10)4-13-8-2-6(11)7(12)3-9(8)14(15)16/h2-3,13H,1,4H2. The third kappa shape index (κ3) is 3.41. The van der Waals surface area contributed by atoms with Crippen molar-refractivity contribution < 1.29 is 9.31 Å². The lowest BCUT2D eigenvalue weighted by molar-refractivity contribution is -0.384. The van der Waals surface area contributed by atoms with E-state index in [-0.39, 0.29) is 14.9 Å². The largest absolute Gasteiger partial charge is 0.375 e. The molecular formula is C9H7BrFIN2O2. The van der Waals surface area contributed by atoms with Crippen molar-refractivity contribution in [1.82, 2.24) is 0 Å². The summed E-state index contributed by atoms with van der Waals surface area (Å²) in [5.74, 6) is -0.492. The maximum atomic E-state index is 13.2. The van der Waals surface area contributed by atoms with Crippen molar-refractivity contribution in [2.75, 3.05) is 11.9 Å². The van der Waals surface area contributed by atoms with Crippen molar-refractivity contribution in [2.24, 2.45) is 0 Å². The van der Waals surface area contributed by atoms with Gasteiger partial charge >= 0.3 is 0 Å². The molecule has 0 spiro atoms. The first-order chi connectivity index (χ1) is 7.41. The molecule has 16 heavy (non-hydrogen) atoms. The Morgan fingerprint density at radius 1 is 1.69 bits per heavy atom. The van der Waals surface area contributed by atoms with E-state index < -0.39 is 10.7 Å². The van der Waals surface area contributed by atoms with Gasteiger partial charge in [0.25, 0.3) is 5.69 Å². The fourth-order valence-electron chi connectivity index (χ4n) is 1.02. The van der Waals surface area contributed by atoms with Gasteiger partial charge in [-0.2, -0.15) is 0 Å². The van der Waals surface area contributed by atoms with Crippen LogP contribution in [-0.4, -0.2) is 11.5 Å². The summed E-state index contributed by atoms with van der Waals surface area (Å²) in [7, 11) is 0. The van der Waals surface area contributed by atoms with E-state index in [1.807, 2.05) is 0 Å². The number of halogens is 3. The van der Waals surface area contributed by atoms with Crippen molar-refractivity contribution in [3.05, 3.63) is 42.7 Å². The molecule has 0 aromatic heterocycles. The third-order valence-electron chi connectivity index (χ3n) is 1.71. The average molecular weight is 401 g/mol.